The molecule has 4 heterocycles. The van der Waals surface area contributed by atoms with Crippen LogP contribution in [0.3, 0.4) is 0 Å². The van der Waals surface area contributed by atoms with Gasteiger partial charge in [-0.15, -0.1) is 0 Å². The van der Waals surface area contributed by atoms with E-state index in [0.29, 0.717) is 24.2 Å². The van der Waals surface area contributed by atoms with Crippen LogP contribution in [0.15, 0.2) is 49.1 Å². The quantitative estimate of drug-likeness (QED) is 0.334. The molecule has 2 unspecified atom stereocenters. The SMILES string of the molecule is CC(Oc1cc(F)cc(F)c1)c1cc(-c2cncn2C2CCCCO2)cc2ncc(N3CCOCC3)nc12. The Bertz CT molecular complexity index is 1410. The molecule has 6 rings (SSSR count). The summed E-state index contributed by atoms with van der Waals surface area (Å²) >= 11 is 0. The molecule has 2 aliphatic heterocycles. The maximum absolute atomic E-state index is 13.9. The second kappa shape index (κ2) is 10.6. The molecule has 0 N–H and O–H groups in total. The summed E-state index contributed by atoms with van der Waals surface area (Å²) in [4.78, 5) is 16.3. The lowest BCUT2D eigenvalue weighted by atomic mass is 10.0. The number of hydrogen-bond donors (Lipinski definition) is 0. The van der Waals surface area contributed by atoms with Crippen molar-refractivity contribution in [1.82, 2.24) is 19.5 Å². The highest BCUT2D eigenvalue weighted by Crippen LogP contribution is 2.35. The summed E-state index contributed by atoms with van der Waals surface area (Å²) in [5.41, 5.74) is 3.88. The van der Waals surface area contributed by atoms with Crippen LogP contribution in [0.4, 0.5) is 14.6 Å². The molecular formula is C28H29F2N5O3. The standard InChI is InChI=1S/C28H29F2N5O3/c1-18(38-22-13-20(29)12-21(30)14-22)23-10-19(25-15-31-17-35(25)27-4-2-3-7-37-27)11-24-28(23)33-26(16-32-24)34-5-8-36-9-6-34/h10-18,27H,2-9H2,1H3. The molecule has 2 atom stereocenters. The third kappa shape index (κ3) is 5.06. The second-order valence-corrected chi connectivity index (χ2v) is 9.63. The summed E-state index contributed by atoms with van der Waals surface area (Å²) in [7, 11) is 0. The van der Waals surface area contributed by atoms with Gasteiger partial charge in [-0.1, -0.05) is 0 Å². The first-order valence-electron chi connectivity index (χ1n) is 12.9. The van der Waals surface area contributed by atoms with Crippen molar-refractivity contribution >= 4 is 16.9 Å². The summed E-state index contributed by atoms with van der Waals surface area (Å²) in [6.45, 7) is 5.26. The van der Waals surface area contributed by atoms with Crippen molar-refractivity contribution in [2.24, 2.45) is 0 Å². The largest absolute Gasteiger partial charge is 0.486 e. The first-order chi connectivity index (χ1) is 18.5. The molecule has 10 heteroatoms. The predicted molar refractivity (Wildman–Crippen MR) is 138 cm³/mol. The Kier molecular flexibility index (Phi) is 6.90. The fraction of sp³-hybridized carbons (Fsp3) is 0.393. The van der Waals surface area contributed by atoms with Crippen molar-refractivity contribution < 1.29 is 23.0 Å². The maximum Gasteiger partial charge on any atom is 0.148 e. The van der Waals surface area contributed by atoms with Crippen molar-refractivity contribution in [2.45, 2.75) is 38.5 Å². The Labute approximate surface area is 219 Å². The number of fused-ring (bicyclic) bond motifs is 1. The van der Waals surface area contributed by atoms with Gasteiger partial charge in [0.25, 0.3) is 0 Å². The van der Waals surface area contributed by atoms with E-state index in [-0.39, 0.29) is 12.0 Å². The molecule has 2 saturated heterocycles. The van der Waals surface area contributed by atoms with Crippen LogP contribution in [-0.4, -0.2) is 52.4 Å². The number of morpholine rings is 1. The Balaban J connectivity index is 1.44. The number of ether oxygens (including phenoxy) is 3. The number of hydrogen-bond acceptors (Lipinski definition) is 7. The van der Waals surface area contributed by atoms with Crippen LogP contribution >= 0.6 is 0 Å². The normalized spacial score (nSPS) is 19.0. The van der Waals surface area contributed by atoms with Gasteiger partial charge in [-0.25, -0.2) is 18.7 Å². The average Bonchev–Trinajstić information content (AvgIpc) is 3.43. The number of halogens is 2. The molecule has 38 heavy (non-hydrogen) atoms. The number of benzene rings is 2. The fourth-order valence-corrected chi connectivity index (χ4v) is 5.10. The van der Waals surface area contributed by atoms with E-state index in [1.165, 1.54) is 12.1 Å². The molecule has 0 bridgehead atoms. The number of rotatable bonds is 6. The topological polar surface area (TPSA) is 74.5 Å². The van der Waals surface area contributed by atoms with E-state index in [9.17, 15) is 8.78 Å². The highest BCUT2D eigenvalue weighted by atomic mass is 19.1. The molecule has 2 fully saturated rings. The van der Waals surface area contributed by atoms with Gasteiger partial charge in [-0.3, -0.25) is 4.98 Å². The molecule has 0 radical (unpaired) electrons. The van der Waals surface area contributed by atoms with E-state index in [1.807, 2.05) is 29.8 Å². The first-order valence-corrected chi connectivity index (χ1v) is 12.9. The van der Waals surface area contributed by atoms with Crippen LogP contribution < -0.4 is 9.64 Å². The smallest absolute Gasteiger partial charge is 0.148 e. The van der Waals surface area contributed by atoms with Crippen molar-refractivity contribution in [3.8, 4) is 17.0 Å². The minimum atomic E-state index is -0.698. The Morgan fingerprint density at radius 2 is 1.82 bits per heavy atom. The summed E-state index contributed by atoms with van der Waals surface area (Å²) in [5, 5.41) is 0. The van der Waals surface area contributed by atoms with Gasteiger partial charge in [-0.05, 0) is 38.3 Å². The van der Waals surface area contributed by atoms with Crippen molar-refractivity contribution in [3.05, 3.63) is 66.3 Å². The molecule has 0 amide bonds. The number of imidazole rings is 1. The van der Waals surface area contributed by atoms with E-state index in [4.69, 9.17) is 24.2 Å². The minimum Gasteiger partial charge on any atom is -0.486 e. The van der Waals surface area contributed by atoms with Crippen LogP contribution in [0, 0.1) is 11.6 Å². The zero-order chi connectivity index (χ0) is 26.1. The lowest BCUT2D eigenvalue weighted by molar-refractivity contribution is -0.0310. The minimum absolute atomic E-state index is 0.0841. The van der Waals surface area contributed by atoms with Gasteiger partial charge in [0.2, 0.25) is 0 Å². The molecule has 0 saturated carbocycles. The van der Waals surface area contributed by atoms with E-state index < -0.39 is 17.7 Å². The van der Waals surface area contributed by atoms with Crippen LogP contribution in [0.2, 0.25) is 0 Å². The van der Waals surface area contributed by atoms with Crippen LogP contribution in [-0.2, 0) is 9.47 Å². The average molecular weight is 522 g/mol. The molecule has 2 aliphatic rings. The Morgan fingerprint density at radius 1 is 1.00 bits per heavy atom. The van der Waals surface area contributed by atoms with Gasteiger partial charge < -0.3 is 23.7 Å². The van der Waals surface area contributed by atoms with Crippen molar-refractivity contribution in [2.75, 3.05) is 37.8 Å². The zero-order valence-electron chi connectivity index (χ0n) is 21.1. The van der Waals surface area contributed by atoms with Crippen LogP contribution in [0.5, 0.6) is 5.75 Å². The van der Waals surface area contributed by atoms with Gasteiger partial charge in [-0.2, -0.15) is 0 Å². The van der Waals surface area contributed by atoms with Gasteiger partial charge in [0, 0.05) is 49.0 Å². The van der Waals surface area contributed by atoms with Gasteiger partial charge in [0.05, 0.1) is 48.7 Å². The highest BCUT2D eigenvalue weighted by Gasteiger charge is 2.23. The molecule has 2 aromatic heterocycles. The first kappa shape index (κ1) is 24.7. The Morgan fingerprint density at radius 3 is 2.58 bits per heavy atom. The lowest BCUT2D eigenvalue weighted by Crippen LogP contribution is -2.36. The molecule has 2 aromatic carbocycles. The molecule has 8 nitrogen and oxygen atoms in total. The molecular weight excluding hydrogens is 492 g/mol. The van der Waals surface area contributed by atoms with Gasteiger partial charge >= 0.3 is 0 Å². The highest BCUT2D eigenvalue weighted by molar-refractivity contribution is 5.85. The van der Waals surface area contributed by atoms with Crippen LogP contribution in [0.25, 0.3) is 22.3 Å². The molecule has 0 aliphatic carbocycles. The van der Waals surface area contributed by atoms with E-state index in [1.54, 1.807) is 12.5 Å². The van der Waals surface area contributed by atoms with Crippen molar-refractivity contribution in [3.63, 3.8) is 0 Å². The number of aromatic nitrogens is 4. The van der Waals surface area contributed by atoms with E-state index >= 15 is 0 Å². The molecule has 4 aromatic rings. The molecule has 198 valence electrons. The number of anilines is 1. The van der Waals surface area contributed by atoms with Crippen molar-refractivity contribution in [1.29, 1.82) is 0 Å². The lowest BCUT2D eigenvalue weighted by Gasteiger charge is -2.28. The fourth-order valence-electron chi connectivity index (χ4n) is 5.10. The second-order valence-electron chi connectivity index (χ2n) is 9.63. The zero-order valence-corrected chi connectivity index (χ0v) is 21.1. The van der Waals surface area contributed by atoms with E-state index in [2.05, 4.69) is 9.88 Å². The summed E-state index contributed by atoms with van der Waals surface area (Å²) < 4.78 is 47.4. The van der Waals surface area contributed by atoms with Gasteiger partial charge in [0.1, 0.15) is 35.5 Å². The monoisotopic (exact) mass is 521 g/mol. The summed E-state index contributed by atoms with van der Waals surface area (Å²) in [6.07, 6.45) is 7.78. The van der Waals surface area contributed by atoms with E-state index in [0.717, 1.165) is 67.7 Å². The molecule has 0 spiro atoms. The Hall–Kier alpha value is -3.63. The van der Waals surface area contributed by atoms with Crippen LogP contribution in [0.1, 0.15) is 44.1 Å². The summed E-state index contributed by atoms with van der Waals surface area (Å²) in [6, 6.07) is 7.15. The third-order valence-electron chi connectivity index (χ3n) is 7.01. The number of nitrogens with zero attached hydrogens (tertiary/aromatic N) is 5. The third-order valence-corrected chi connectivity index (χ3v) is 7.01. The maximum atomic E-state index is 13.9. The van der Waals surface area contributed by atoms with Gasteiger partial charge in [0.15, 0.2) is 0 Å². The summed E-state index contributed by atoms with van der Waals surface area (Å²) in [5.74, 6) is -0.542. The predicted octanol–water partition coefficient (Wildman–Crippen LogP) is 5.45.